The fraction of sp³-hybridized carbons (Fsp3) is 0.320. The molecular weight excluding hydrogens is 396 g/mol. The number of carbonyl (C=O) groups excluding carboxylic acids is 1. The van der Waals surface area contributed by atoms with E-state index >= 15 is 0 Å². The predicted molar refractivity (Wildman–Crippen MR) is 124 cm³/mol. The Hall–Kier alpha value is -2.56. The van der Waals surface area contributed by atoms with Gasteiger partial charge in [-0.1, -0.05) is 42.5 Å². The molecule has 0 saturated carbocycles. The van der Waals surface area contributed by atoms with E-state index in [9.17, 15) is 4.79 Å². The predicted octanol–water partition coefficient (Wildman–Crippen LogP) is 5.36. The quantitative estimate of drug-likeness (QED) is 0.534. The minimum Gasteiger partial charge on any atom is -0.459 e. The highest BCUT2D eigenvalue weighted by Crippen LogP contribution is 2.27. The Kier molecular flexibility index (Phi) is 7.72. The summed E-state index contributed by atoms with van der Waals surface area (Å²) in [4.78, 5) is 17.7. The third kappa shape index (κ3) is 5.32. The van der Waals surface area contributed by atoms with Crippen LogP contribution in [-0.2, 0) is 6.42 Å². The molecule has 1 aromatic heterocycles. The molecule has 4 rings (SSSR count). The SMILES string of the molecule is Cc1cccc(N(C(=O)c2ccco2)C2CCN(CCc3ccccc3)CC2)c1.Cl. The van der Waals surface area contributed by atoms with Gasteiger partial charge in [0.05, 0.1) is 6.26 Å². The van der Waals surface area contributed by atoms with E-state index in [2.05, 4.69) is 54.3 Å². The molecule has 0 aliphatic carbocycles. The lowest BCUT2D eigenvalue weighted by Crippen LogP contribution is -2.48. The van der Waals surface area contributed by atoms with Crippen LogP contribution in [0.3, 0.4) is 0 Å². The summed E-state index contributed by atoms with van der Waals surface area (Å²) in [5.74, 6) is 0.348. The van der Waals surface area contributed by atoms with E-state index in [4.69, 9.17) is 4.42 Å². The van der Waals surface area contributed by atoms with Crippen molar-refractivity contribution in [3.8, 4) is 0 Å². The van der Waals surface area contributed by atoms with E-state index in [1.165, 1.54) is 5.56 Å². The summed E-state index contributed by atoms with van der Waals surface area (Å²) in [6.07, 6.45) is 4.57. The van der Waals surface area contributed by atoms with Gasteiger partial charge in [0.2, 0.25) is 0 Å². The van der Waals surface area contributed by atoms with Gasteiger partial charge < -0.3 is 14.2 Å². The Morgan fingerprint density at radius 3 is 2.47 bits per heavy atom. The number of likely N-dealkylation sites (tertiary alicyclic amines) is 1. The molecule has 5 heteroatoms. The average molecular weight is 425 g/mol. The van der Waals surface area contributed by atoms with Crippen LogP contribution in [-0.4, -0.2) is 36.5 Å². The van der Waals surface area contributed by atoms with Gasteiger partial charge in [0.25, 0.3) is 5.91 Å². The van der Waals surface area contributed by atoms with Gasteiger partial charge in [-0.15, -0.1) is 12.4 Å². The molecule has 158 valence electrons. The van der Waals surface area contributed by atoms with E-state index < -0.39 is 0 Å². The molecule has 0 spiro atoms. The van der Waals surface area contributed by atoms with Crippen LogP contribution < -0.4 is 4.90 Å². The number of halogens is 1. The van der Waals surface area contributed by atoms with Gasteiger partial charge in [-0.3, -0.25) is 4.79 Å². The van der Waals surface area contributed by atoms with Gasteiger partial charge in [-0.25, -0.2) is 0 Å². The van der Waals surface area contributed by atoms with Crippen LogP contribution in [0.25, 0.3) is 0 Å². The summed E-state index contributed by atoms with van der Waals surface area (Å²) in [5.41, 5.74) is 3.48. The van der Waals surface area contributed by atoms with E-state index in [1.54, 1.807) is 18.4 Å². The van der Waals surface area contributed by atoms with Crippen LogP contribution in [0.1, 0.15) is 34.5 Å². The zero-order valence-electron chi connectivity index (χ0n) is 17.4. The van der Waals surface area contributed by atoms with Crippen LogP contribution in [0.5, 0.6) is 0 Å². The van der Waals surface area contributed by atoms with Crippen molar-refractivity contribution in [3.63, 3.8) is 0 Å². The zero-order chi connectivity index (χ0) is 20.1. The second kappa shape index (κ2) is 10.5. The first-order valence-corrected chi connectivity index (χ1v) is 10.4. The van der Waals surface area contributed by atoms with Crippen LogP contribution in [0.15, 0.2) is 77.4 Å². The van der Waals surface area contributed by atoms with Crippen LogP contribution >= 0.6 is 12.4 Å². The molecule has 0 bridgehead atoms. The maximum atomic E-state index is 13.2. The molecule has 0 atom stereocenters. The summed E-state index contributed by atoms with van der Waals surface area (Å²) in [6, 6.07) is 22.5. The molecule has 3 aromatic rings. The molecule has 1 fully saturated rings. The number of anilines is 1. The first-order valence-electron chi connectivity index (χ1n) is 10.4. The first kappa shape index (κ1) is 22.1. The largest absolute Gasteiger partial charge is 0.459 e. The monoisotopic (exact) mass is 424 g/mol. The molecule has 0 radical (unpaired) electrons. The number of hydrogen-bond donors (Lipinski definition) is 0. The van der Waals surface area contributed by atoms with E-state index in [-0.39, 0.29) is 24.4 Å². The molecule has 1 amide bonds. The standard InChI is InChI=1S/C25H28N2O2.ClH/c1-20-7-5-10-23(19-20)27(25(28)24-11-6-18-29-24)22-13-16-26(17-14-22)15-12-21-8-3-2-4-9-21;/h2-11,18-19,22H,12-17H2,1H3;1H. The van der Waals surface area contributed by atoms with Crippen molar-refractivity contribution in [2.75, 3.05) is 24.5 Å². The molecule has 2 aromatic carbocycles. The number of benzene rings is 2. The van der Waals surface area contributed by atoms with Gasteiger partial charge in [0.15, 0.2) is 5.76 Å². The lowest BCUT2D eigenvalue weighted by molar-refractivity contribution is 0.0933. The third-order valence-corrected chi connectivity index (χ3v) is 5.71. The van der Waals surface area contributed by atoms with Crippen molar-refractivity contribution >= 4 is 24.0 Å². The highest BCUT2D eigenvalue weighted by Gasteiger charge is 2.31. The number of amides is 1. The van der Waals surface area contributed by atoms with Gasteiger partial charge in [0, 0.05) is 31.4 Å². The second-order valence-corrected chi connectivity index (χ2v) is 7.80. The number of carbonyl (C=O) groups is 1. The minimum atomic E-state index is -0.0525. The fourth-order valence-corrected chi connectivity index (χ4v) is 4.12. The van der Waals surface area contributed by atoms with E-state index in [0.717, 1.165) is 50.1 Å². The molecular formula is C25H29ClN2O2. The Morgan fingerprint density at radius 2 is 1.80 bits per heavy atom. The normalized spacial score (nSPS) is 14.8. The Labute approximate surface area is 184 Å². The lowest BCUT2D eigenvalue weighted by atomic mass is 10.0. The summed E-state index contributed by atoms with van der Waals surface area (Å²) in [7, 11) is 0. The zero-order valence-corrected chi connectivity index (χ0v) is 18.2. The number of hydrogen-bond acceptors (Lipinski definition) is 3. The first-order chi connectivity index (χ1) is 14.2. The topological polar surface area (TPSA) is 36.7 Å². The summed E-state index contributed by atoms with van der Waals surface area (Å²) < 4.78 is 5.43. The van der Waals surface area contributed by atoms with Crippen LogP contribution in [0.2, 0.25) is 0 Å². The van der Waals surface area contributed by atoms with Gasteiger partial charge in [0.1, 0.15) is 0 Å². The van der Waals surface area contributed by atoms with Crippen molar-refractivity contribution in [1.82, 2.24) is 4.90 Å². The smallest absolute Gasteiger partial charge is 0.294 e. The maximum Gasteiger partial charge on any atom is 0.294 e. The molecule has 0 N–H and O–H groups in total. The molecule has 1 aliphatic rings. The van der Waals surface area contributed by atoms with Crippen molar-refractivity contribution in [3.05, 3.63) is 89.9 Å². The maximum absolute atomic E-state index is 13.2. The van der Waals surface area contributed by atoms with Crippen LogP contribution in [0.4, 0.5) is 5.69 Å². The fourth-order valence-electron chi connectivity index (χ4n) is 4.12. The number of nitrogens with zero attached hydrogens (tertiary/aromatic N) is 2. The van der Waals surface area contributed by atoms with Crippen molar-refractivity contribution in [2.45, 2.75) is 32.2 Å². The Balaban J connectivity index is 0.00000256. The van der Waals surface area contributed by atoms with Gasteiger partial charge in [-0.05, 0) is 61.6 Å². The van der Waals surface area contributed by atoms with E-state index in [1.807, 2.05) is 17.0 Å². The number of piperidine rings is 1. The number of rotatable bonds is 6. The average Bonchev–Trinajstić information content (AvgIpc) is 3.29. The van der Waals surface area contributed by atoms with Crippen molar-refractivity contribution in [1.29, 1.82) is 0 Å². The van der Waals surface area contributed by atoms with E-state index in [0.29, 0.717) is 5.76 Å². The molecule has 2 heterocycles. The Morgan fingerprint density at radius 1 is 1.03 bits per heavy atom. The minimum absolute atomic E-state index is 0. The highest BCUT2D eigenvalue weighted by atomic mass is 35.5. The molecule has 0 unspecified atom stereocenters. The summed E-state index contributed by atoms with van der Waals surface area (Å²) in [6.45, 7) is 5.13. The number of aryl methyl sites for hydroxylation is 1. The van der Waals surface area contributed by atoms with Crippen molar-refractivity contribution < 1.29 is 9.21 Å². The molecule has 1 saturated heterocycles. The number of furan rings is 1. The summed E-state index contributed by atoms with van der Waals surface area (Å²) >= 11 is 0. The van der Waals surface area contributed by atoms with Crippen LogP contribution in [0, 0.1) is 6.92 Å². The van der Waals surface area contributed by atoms with Crippen molar-refractivity contribution in [2.24, 2.45) is 0 Å². The molecule has 4 nitrogen and oxygen atoms in total. The molecule has 30 heavy (non-hydrogen) atoms. The third-order valence-electron chi connectivity index (χ3n) is 5.71. The Bertz CT molecular complexity index is 919. The highest BCUT2D eigenvalue weighted by molar-refractivity contribution is 6.04. The lowest BCUT2D eigenvalue weighted by Gasteiger charge is -2.38. The molecule has 1 aliphatic heterocycles. The van der Waals surface area contributed by atoms with Gasteiger partial charge >= 0.3 is 0 Å². The van der Waals surface area contributed by atoms with Gasteiger partial charge in [-0.2, -0.15) is 0 Å². The summed E-state index contributed by atoms with van der Waals surface area (Å²) in [5, 5.41) is 0. The second-order valence-electron chi connectivity index (χ2n) is 7.80.